The normalized spacial score (nSPS) is 12.7. The number of rotatable bonds is 6. The Labute approximate surface area is 156 Å². The lowest BCUT2D eigenvalue weighted by Gasteiger charge is -2.24. The number of nitrogens with zero attached hydrogens (tertiary/aromatic N) is 1. The first-order valence-electron chi connectivity index (χ1n) is 8.36. The highest BCUT2D eigenvalue weighted by atomic mass is 19.4. The van der Waals surface area contributed by atoms with Gasteiger partial charge in [0.05, 0.1) is 11.6 Å². The van der Waals surface area contributed by atoms with E-state index in [1.165, 1.54) is 19.1 Å². The van der Waals surface area contributed by atoms with E-state index in [1.54, 1.807) is 43.1 Å². The number of carbonyl (C=O) groups excluding carboxylic acids is 2. The SMILES string of the molecule is CC(=O)c1cccc(NC(=O)[C@@H](C)N(C)Cc2ccc(C(F)(F)F)cc2)c1. The lowest BCUT2D eigenvalue weighted by molar-refractivity contribution is -0.137. The second kappa shape index (κ2) is 8.35. The number of carbonyl (C=O) groups is 2. The number of likely N-dealkylation sites (N-methyl/N-ethyl adjacent to an activating group) is 1. The summed E-state index contributed by atoms with van der Waals surface area (Å²) in [5, 5.41) is 2.75. The van der Waals surface area contributed by atoms with Crippen molar-refractivity contribution in [3.05, 3.63) is 65.2 Å². The number of anilines is 1. The predicted molar refractivity (Wildman–Crippen MR) is 97.4 cm³/mol. The fourth-order valence-electron chi connectivity index (χ4n) is 2.49. The summed E-state index contributed by atoms with van der Waals surface area (Å²) in [6.45, 7) is 3.47. The molecule has 2 rings (SSSR count). The van der Waals surface area contributed by atoms with Crippen molar-refractivity contribution in [1.82, 2.24) is 4.90 Å². The van der Waals surface area contributed by atoms with Gasteiger partial charge in [-0.05, 0) is 50.7 Å². The monoisotopic (exact) mass is 378 g/mol. The van der Waals surface area contributed by atoms with Gasteiger partial charge in [-0.25, -0.2) is 0 Å². The molecule has 0 heterocycles. The molecule has 0 aromatic heterocycles. The van der Waals surface area contributed by atoms with Crippen LogP contribution in [0.2, 0.25) is 0 Å². The van der Waals surface area contributed by atoms with Crippen molar-refractivity contribution in [1.29, 1.82) is 0 Å². The lowest BCUT2D eigenvalue weighted by atomic mass is 10.1. The number of benzene rings is 2. The van der Waals surface area contributed by atoms with E-state index < -0.39 is 17.8 Å². The minimum atomic E-state index is -4.37. The Bertz CT molecular complexity index is 817. The van der Waals surface area contributed by atoms with Crippen LogP contribution in [0.5, 0.6) is 0 Å². The Hall–Kier alpha value is -2.67. The second-order valence-corrected chi connectivity index (χ2v) is 6.41. The average molecular weight is 378 g/mol. The molecule has 1 atom stereocenters. The molecule has 4 nitrogen and oxygen atoms in total. The van der Waals surface area contributed by atoms with E-state index in [9.17, 15) is 22.8 Å². The van der Waals surface area contributed by atoms with Gasteiger partial charge in [-0.2, -0.15) is 13.2 Å². The standard InChI is InChI=1S/C20H21F3N2O2/c1-13(19(27)24-18-6-4-5-16(11-18)14(2)26)25(3)12-15-7-9-17(10-8-15)20(21,22)23/h4-11,13H,12H2,1-3H3,(H,24,27)/t13-/m1/s1. The highest BCUT2D eigenvalue weighted by molar-refractivity contribution is 5.98. The summed E-state index contributed by atoms with van der Waals surface area (Å²) < 4.78 is 37.9. The van der Waals surface area contributed by atoms with E-state index in [-0.39, 0.29) is 11.7 Å². The number of ketones is 1. The molecule has 0 bridgehead atoms. The highest BCUT2D eigenvalue weighted by Crippen LogP contribution is 2.29. The molecule has 0 aliphatic rings. The minimum absolute atomic E-state index is 0.0985. The average Bonchev–Trinajstić information content (AvgIpc) is 2.60. The smallest absolute Gasteiger partial charge is 0.325 e. The molecule has 2 aromatic carbocycles. The number of nitrogens with one attached hydrogen (secondary N) is 1. The van der Waals surface area contributed by atoms with E-state index in [0.717, 1.165) is 12.1 Å². The zero-order chi connectivity index (χ0) is 20.2. The van der Waals surface area contributed by atoms with E-state index in [0.29, 0.717) is 23.4 Å². The van der Waals surface area contributed by atoms with Crippen molar-refractivity contribution < 1.29 is 22.8 Å². The molecular weight excluding hydrogens is 357 g/mol. The summed E-state index contributed by atoms with van der Waals surface area (Å²) in [5.41, 5.74) is 0.981. The molecule has 2 aromatic rings. The zero-order valence-corrected chi connectivity index (χ0v) is 15.3. The van der Waals surface area contributed by atoms with Crippen molar-refractivity contribution in [2.45, 2.75) is 32.6 Å². The summed E-state index contributed by atoms with van der Waals surface area (Å²) in [6.07, 6.45) is -4.37. The number of hydrogen-bond acceptors (Lipinski definition) is 3. The van der Waals surface area contributed by atoms with Gasteiger partial charge in [0.2, 0.25) is 5.91 Å². The van der Waals surface area contributed by atoms with Gasteiger partial charge in [-0.15, -0.1) is 0 Å². The van der Waals surface area contributed by atoms with Crippen LogP contribution in [-0.4, -0.2) is 29.7 Å². The van der Waals surface area contributed by atoms with Crippen molar-refractivity contribution in [3.63, 3.8) is 0 Å². The number of hydrogen-bond donors (Lipinski definition) is 1. The molecule has 0 spiro atoms. The predicted octanol–water partition coefficient (Wildman–Crippen LogP) is 4.37. The molecule has 7 heteroatoms. The molecule has 0 fully saturated rings. The van der Waals surface area contributed by atoms with E-state index in [1.807, 2.05) is 0 Å². The quantitative estimate of drug-likeness (QED) is 0.760. The van der Waals surface area contributed by atoms with Gasteiger partial charge in [-0.1, -0.05) is 24.3 Å². The van der Waals surface area contributed by atoms with Crippen molar-refractivity contribution >= 4 is 17.4 Å². The third kappa shape index (κ3) is 5.65. The fraction of sp³-hybridized carbons (Fsp3) is 0.300. The maximum absolute atomic E-state index is 12.6. The molecular formula is C20H21F3N2O2. The maximum atomic E-state index is 12.6. The van der Waals surface area contributed by atoms with E-state index in [2.05, 4.69) is 5.32 Å². The first-order chi connectivity index (χ1) is 12.6. The van der Waals surface area contributed by atoms with Gasteiger partial charge in [0.25, 0.3) is 0 Å². The summed E-state index contributed by atoms with van der Waals surface area (Å²) in [6, 6.07) is 11.0. The third-order valence-electron chi connectivity index (χ3n) is 4.29. The number of halogens is 3. The van der Waals surface area contributed by atoms with Crippen molar-refractivity contribution in [3.8, 4) is 0 Å². The van der Waals surface area contributed by atoms with Gasteiger partial charge < -0.3 is 5.32 Å². The highest BCUT2D eigenvalue weighted by Gasteiger charge is 2.30. The first-order valence-corrected chi connectivity index (χ1v) is 8.36. The van der Waals surface area contributed by atoms with Crippen LogP contribution in [0.25, 0.3) is 0 Å². The molecule has 0 aliphatic heterocycles. The summed E-state index contributed by atoms with van der Waals surface area (Å²) in [7, 11) is 1.72. The molecule has 1 N–H and O–H groups in total. The molecule has 27 heavy (non-hydrogen) atoms. The number of Topliss-reactive ketones (excluding diaryl/α,β-unsaturated/α-hetero) is 1. The van der Waals surface area contributed by atoms with Gasteiger partial charge >= 0.3 is 6.18 Å². The second-order valence-electron chi connectivity index (χ2n) is 6.41. The number of alkyl halides is 3. The molecule has 0 saturated heterocycles. The molecule has 0 radical (unpaired) electrons. The van der Waals surface area contributed by atoms with Crippen molar-refractivity contribution in [2.75, 3.05) is 12.4 Å². The molecule has 1 amide bonds. The molecule has 0 unspecified atom stereocenters. The van der Waals surface area contributed by atoms with Gasteiger partial charge in [0.15, 0.2) is 5.78 Å². The number of amides is 1. The Kier molecular flexibility index (Phi) is 6.38. The van der Waals surface area contributed by atoms with Crippen LogP contribution < -0.4 is 5.32 Å². The maximum Gasteiger partial charge on any atom is 0.416 e. The van der Waals surface area contributed by atoms with Crippen LogP contribution in [0.15, 0.2) is 48.5 Å². The fourth-order valence-corrected chi connectivity index (χ4v) is 2.49. The van der Waals surface area contributed by atoms with E-state index >= 15 is 0 Å². The Morgan fingerprint density at radius 1 is 1.11 bits per heavy atom. The Morgan fingerprint density at radius 2 is 1.74 bits per heavy atom. The topological polar surface area (TPSA) is 49.4 Å². The van der Waals surface area contributed by atoms with Crippen LogP contribution in [-0.2, 0) is 17.5 Å². The summed E-state index contributed by atoms with van der Waals surface area (Å²) >= 11 is 0. The van der Waals surface area contributed by atoms with E-state index in [4.69, 9.17) is 0 Å². The third-order valence-corrected chi connectivity index (χ3v) is 4.29. The van der Waals surface area contributed by atoms with Crippen LogP contribution in [0.4, 0.5) is 18.9 Å². The van der Waals surface area contributed by atoms with Crippen LogP contribution in [0, 0.1) is 0 Å². The van der Waals surface area contributed by atoms with Crippen LogP contribution in [0.1, 0.15) is 35.3 Å². The molecule has 0 saturated carbocycles. The summed E-state index contributed by atoms with van der Waals surface area (Å²) in [5.74, 6) is -0.372. The van der Waals surface area contributed by atoms with Crippen LogP contribution in [0.3, 0.4) is 0 Å². The lowest BCUT2D eigenvalue weighted by Crippen LogP contribution is -2.39. The zero-order valence-electron chi connectivity index (χ0n) is 15.3. The summed E-state index contributed by atoms with van der Waals surface area (Å²) in [4.78, 5) is 25.6. The molecule has 144 valence electrons. The molecule has 0 aliphatic carbocycles. The van der Waals surface area contributed by atoms with Gasteiger partial charge in [0, 0.05) is 17.8 Å². The van der Waals surface area contributed by atoms with Crippen LogP contribution >= 0.6 is 0 Å². The largest absolute Gasteiger partial charge is 0.416 e. The first kappa shape index (κ1) is 20.6. The minimum Gasteiger partial charge on any atom is -0.325 e. The van der Waals surface area contributed by atoms with Gasteiger partial charge in [0.1, 0.15) is 0 Å². The van der Waals surface area contributed by atoms with Crippen molar-refractivity contribution in [2.24, 2.45) is 0 Å². The van der Waals surface area contributed by atoms with Gasteiger partial charge in [-0.3, -0.25) is 14.5 Å². The Morgan fingerprint density at radius 3 is 2.30 bits per heavy atom. The Balaban J connectivity index is 1.99.